The van der Waals surface area contributed by atoms with Gasteiger partial charge in [0.25, 0.3) is 0 Å². The molecular formula is C15H13N3O5. The summed E-state index contributed by atoms with van der Waals surface area (Å²) in [7, 11) is 0. The second-order valence-corrected chi connectivity index (χ2v) is 4.77. The van der Waals surface area contributed by atoms with Crippen molar-refractivity contribution in [2.24, 2.45) is 0 Å². The van der Waals surface area contributed by atoms with Crippen LogP contribution in [0.4, 0.5) is 11.4 Å². The zero-order valence-electron chi connectivity index (χ0n) is 12.2. The molecule has 0 saturated heterocycles. The van der Waals surface area contributed by atoms with Crippen LogP contribution in [0.1, 0.15) is 17.3 Å². The highest BCUT2D eigenvalue weighted by atomic mass is 16.6. The zero-order valence-corrected chi connectivity index (χ0v) is 12.2. The molecule has 1 aromatic carbocycles. The lowest BCUT2D eigenvalue weighted by atomic mass is 10.1. The van der Waals surface area contributed by atoms with Gasteiger partial charge in [-0.05, 0) is 25.1 Å². The summed E-state index contributed by atoms with van der Waals surface area (Å²) < 4.78 is 0.947. The number of aromatic nitrogens is 1. The van der Waals surface area contributed by atoms with Gasteiger partial charge in [-0.3, -0.25) is 24.5 Å². The minimum Gasteiger partial charge on any atom is -0.325 e. The maximum atomic E-state index is 12.0. The Kier molecular flexibility index (Phi) is 4.65. The van der Waals surface area contributed by atoms with Gasteiger partial charge in [0.2, 0.25) is 5.91 Å². The van der Waals surface area contributed by atoms with E-state index in [1.165, 1.54) is 25.3 Å². The van der Waals surface area contributed by atoms with E-state index in [-0.39, 0.29) is 12.3 Å². The molecule has 1 amide bonds. The Labute approximate surface area is 130 Å². The number of benzene rings is 1. The Balaban J connectivity index is 2.16. The highest BCUT2D eigenvalue weighted by Gasteiger charge is 2.15. The van der Waals surface area contributed by atoms with E-state index in [1.54, 1.807) is 18.2 Å². The van der Waals surface area contributed by atoms with Gasteiger partial charge < -0.3 is 9.88 Å². The van der Waals surface area contributed by atoms with Gasteiger partial charge in [0.1, 0.15) is 6.54 Å². The third-order valence-corrected chi connectivity index (χ3v) is 3.06. The summed E-state index contributed by atoms with van der Waals surface area (Å²) in [5, 5.41) is 13.3. The second kappa shape index (κ2) is 6.65. The van der Waals surface area contributed by atoms with Crippen LogP contribution in [0.5, 0.6) is 0 Å². The van der Waals surface area contributed by atoms with Gasteiger partial charge >= 0.3 is 11.2 Å². The lowest BCUT2D eigenvalue weighted by Gasteiger charge is -2.08. The Bertz CT molecular complexity index is 841. The monoisotopic (exact) mass is 315 g/mol. The van der Waals surface area contributed by atoms with E-state index >= 15 is 0 Å². The average Bonchev–Trinajstić information content (AvgIpc) is 2.49. The van der Waals surface area contributed by atoms with Crippen molar-refractivity contribution in [1.82, 2.24) is 4.57 Å². The summed E-state index contributed by atoms with van der Waals surface area (Å²) >= 11 is 0. The summed E-state index contributed by atoms with van der Waals surface area (Å²) in [6.07, 6.45) is 1.29. The van der Waals surface area contributed by atoms with Gasteiger partial charge in [0.05, 0.1) is 4.92 Å². The van der Waals surface area contributed by atoms with E-state index in [4.69, 9.17) is 0 Å². The number of rotatable bonds is 5. The first-order valence-electron chi connectivity index (χ1n) is 6.63. The highest BCUT2D eigenvalue weighted by Crippen LogP contribution is 2.11. The predicted octanol–water partition coefficient (Wildman–Crippen LogP) is 1.60. The number of hydrogen-bond donors (Lipinski definition) is 1. The molecule has 0 aliphatic carbocycles. The molecule has 2 rings (SSSR count). The summed E-state index contributed by atoms with van der Waals surface area (Å²) in [6.45, 7) is 1.04. The van der Waals surface area contributed by atoms with Crippen LogP contribution in [0, 0.1) is 10.1 Å². The van der Waals surface area contributed by atoms with Crippen molar-refractivity contribution in [3.8, 4) is 0 Å². The molecule has 1 aromatic heterocycles. The molecule has 0 atom stereocenters. The van der Waals surface area contributed by atoms with Crippen LogP contribution in [0.15, 0.2) is 47.4 Å². The second-order valence-electron chi connectivity index (χ2n) is 4.77. The smallest absolute Gasteiger partial charge is 0.325 e. The normalized spacial score (nSPS) is 10.1. The van der Waals surface area contributed by atoms with E-state index in [1.807, 2.05) is 0 Å². The average molecular weight is 315 g/mol. The van der Waals surface area contributed by atoms with Crippen LogP contribution in [0.2, 0.25) is 0 Å². The molecule has 23 heavy (non-hydrogen) atoms. The van der Waals surface area contributed by atoms with Crippen LogP contribution in [0.25, 0.3) is 0 Å². The van der Waals surface area contributed by atoms with Crippen LogP contribution in [-0.2, 0) is 11.3 Å². The van der Waals surface area contributed by atoms with Gasteiger partial charge in [0, 0.05) is 23.5 Å². The molecule has 1 N–H and O–H groups in total. The molecule has 0 bridgehead atoms. The number of carbonyl (C=O) groups excluding carboxylic acids is 2. The Hall–Kier alpha value is -3.29. The van der Waals surface area contributed by atoms with Crippen molar-refractivity contribution >= 4 is 23.1 Å². The van der Waals surface area contributed by atoms with Gasteiger partial charge in [-0.1, -0.05) is 12.1 Å². The van der Waals surface area contributed by atoms with Crippen molar-refractivity contribution in [2.45, 2.75) is 13.5 Å². The molecule has 0 aliphatic heterocycles. The maximum absolute atomic E-state index is 12.0. The molecule has 0 radical (unpaired) electrons. The largest absolute Gasteiger partial charge is 0.334 e. The number of nitrogens with zero attached hydrogens (tertiary/aromatic N) is 2. The number of nitro groups is 1. The van der Waals surface area contributed by atoms with E-state index in [2.05, 4.69) is 5.32 Å². The SMILES string of the molecule is CC(=O)c1cccc(NC(=O)Cn2cccc([N+](=O)[O-])c2=O)c1. The van der Waals surface area contributed by atoms with Crippen molar-refractivity contribution < 1.29 is 14.5 Å². The predicted molar refractivity (Wildman–Crippen MR) is 82.4 cm³/mol. The van der Waals surface area contributed by atoms with Gasteiger partial charge in [-0.25, -0.2) is 0 Å². The number of nitrogens with one attached hydrogen (secondary N) is 1. The number of anilines is 1. The summed E-state index contributed by atoms with van der Waals surface area (Å²) in [5.41, 5.74) is -0.611. The van der Waals surface area contributed by atoms with Crippen LogP contribution in [0.3, 0.4) is 0 Å². The summed E-state index contributed by atoms with van der Waals surface area (Å²) in [4.78, 5) is 45.0. The first-order chi connectivity index (χ1) is 10.9. The van der Waals surface area contributed by atoms with Crippen LogP contribution < -0.4 is 10.9 Å². The Morgan fingerprint density at radius 1 is 1.26 bits per heavy atom. The topological polar surface area (TPSA) is 111 Å². The summed E-state index contributed by atoms with van der Waals surface area (Å²) in [5.74, 6) is -0.677. The van der Waals surface area contributed by atoms with Crippen molar-refractivity contribution in [3.63, 3.8) is 0 Å². The fourth-order valence-electron chi connectivity index (χ4n) is 1.96. The van der Waals surface area contributed by atoms with E-state index in [9.17, 15) is 24.5 Å². The first kappa shape index (κ1) is 16.1. The van der Waals surface area contributed by atoms with Gasteiger partial charge in [0.15, 0.2) is 5.78 Å². The minimum absolute atomic E-state index is 0.143. The van der Waals surface area contributed by atoms with Gasteiger partial charge in [-0.2, -0.15) is 0 Å². The molecule has 0 saturated carbocycles. The number of Topliss-reactive ketones (excluding diaryl/α,β-unsaturated/α-hetero) is 1. The summed E-state index contributed by atoms with van der Waals surface area (Å²) in [6, 6.07) is 8.74. The molecule has 0 unspecified atom stereocenters. The zero-order chi connectivity index (χ0) is 17.0. The third-order valence-electron chi connectivity index (χ3n) is 3.06. The Morgan fingerprint density at radius 2 is 2.00 bits per heavy atom. The lowest BCUT2D eigenvalue weighted by Crippen LogP contribution is -2.28. The lowest BCUT2D eigenvalue weighted by molar-refractivity contribution is -0.386. The standard InChI is InChI=1S/C15H13N3O5/c1-10(19)11-4-2-5-12(8-11)16-14(20)9-17-7-3-6-13(15(17)21)18(22)23/h2-8H,9H2,1H3,(H,16,20). The van der Waals surface area contributed by atoms with E-state index < -0.39 is 22.1 Å². The first-order valence-corrected chi connectivity index (χ1v) is 6.63. The van der Waals surface area contributed by atoms with Crippen molar-refractivity contribution in [1.29, 1.82) is 0 Å². The highest BCUT2D eigenvalue weighted by molar-refractivity contribution is 5.97. The van der Waals surface area contributed by atoms with E-state index in [0.717, 1.165) is 10.6 Å². The molecule has 0 aliphatic rings. The van der Waals surface area contributed by atoms with Crippen molar-refractivity contribution in [3.05, 3.63) is 68.6 Å². The fourth-order valence-corrected chi connectivity index (χ4v) is 1.96. The van der Waals surface area contributed by atoms with Crippen LogP contribution in [-0.4, -0.2) is 21.2 Å². The maximum Gasteiger partial charge on any atom is 0.334 e. The number of amides is 1. The molecule has 8 nitrogen and oxygen atoms in total. The molecule has 0 fully saturated rings. The molecule has 0 spiro atoms. The quantitative estimate of drug-likeness (QED) is 0.511. The van der Waals surface area contributed by atoms with Gasteiger partial charge in [-0.15, -0.1) is 0 Å². The fraction of sp³-hybridized carbons (Fsp3) is 0.133. The number of carbonyl (C=O) groups is 2. The minimum atomic E-state index is -0.856. The molecular weight excluding hydrogens is 302 g/mol. The molecule has 118 valence electrons. The Morgan fingerprint density at radius 3 is 2.65 bits per heavy atom. The number of ketones is 1. The van der Waals surface area contributed by atoms with E-state index in [0.29, 0.717) is 11.3 Å². The van der Waals surface area contributed by atoms with Crippen LogP contribution >= 0.6 is 0 Å². The molecule has 2 aromatic rings. The number of pyridine rings is 1. The molecule has 8 heteroatoms. The third kappa shape index (κ3) is 3.88. The number of hydrogen-bond acceptors (Lipinski definition) is 5. The van der Waals surface area contributed by atoms with Crippen molar-refractivity contribution in [2.75, 3.05) is 5.32 Å². The molecule has 1 heterocycles.